The normalized spacial score (nSPS) is 13.3. The van der Waals surface area contributed by atoms with Crippen LogP contribution >= 0.6 is 34.4 Å². The minimum absolute atomic E-state index is 0.000852. The van der Waals surface area contributed by atoms with Crippen molar-refractivity contribution in [3.05, 3.63) is 49.6 Å². The maximum absolute atomic E-state index is 13.9. The van der Waals surface area contributed by atoms with Crippen LogP contribution in [-0.4, -0.2) is 10.3 Å². The summed E-state index contributed by atoms with van der Waals surface area (Å²) < 4.78 is 16.5. The molecule has 3 nitrogen and oxygen atoms in total. The molecule has 1 N–H and O–H groups in total. The van der Waals surface area contributed by atoms with Crippen LogP contribution in [0.5, 0.6) is 0 Å². The molecule has 0 atom stereocenters. The van der Waals surface area contributed by atoms with Crippen molar-refractivity contribution in [2.24, 2.45) is 0 Å². The smallest absolute Gasteiger partial charge is 0.256 e. The highest BCUT2D eigenvalue weighted by Crippen LogP contribution is 2.29. The zero-order chi connectivity index (χ0) is 14.3. The Kier molecular flexibility index (Phi) is 3.76. The van der Waals surface area contributed by atoms with Crippen molar-refractivity contribution in [3.8, 4) is 0 Å². The predicted molar refractivity (Wildman–Crippen MR) is 88.6 cm³/mol. The van der Waals surface area contributed by atoms with E-state index in [1.54, 1.807) is 29.3 Å². The van der Waals surface area contributed by atoms with Gasteiger partial charge in [-0.1, -0.05) is 0 Å². The van der Waals surface area contributed by atoms with Gasteiger partial charge in [0.15, 0.2) is 0 Å². The Morgan fingerprint density at radius 2 is 2.15 bits per heavy atom. The number of pyridine rings is 1. The van der Waals surface area contributed by atoms with Gasteiger partial charge >= 0.3 is 0 Å². The van der Waals surface area contributed by atoms with E-state index in [4.69, 9.17) is 0 Å². The number of nitrogens with one attached hydrogen (secondary N) is 1. The van der Waals surface area contributed by atoms with Crippen LogP contribution in [0.4, 0.5) is 15.8 Å². The fourth-order valence-corrected chi connectivity index (χ4v) is 3.63. The first-order valence-electron chi connectivity index (χ1n) is 6.15. The lowest BCUT2D eigenvalue weighted by Crippen LogP contribution is -2.22. The van der Waals surface area contributed by atoms with Crippen molar-refractivity contribution in [1.82, 2.24) is 4.57 Å². The Balaban J connectivity index is 2.03. The minimum Gasteiger partial charge on any atom is -0.353 e. The van der Waals surface area contributed by atoms with Gasteiger partial charge in [0, 0.05) is 27.1 Å². The van der Waals surface area contributed by atoms with Gasteiger partial charge in [0.1, 0.15) is 5.82 Å². The summed E-state index contributed by atoms with van der Waals surface area (Å²) in [5.41, 5.74) is 1.69. The molecule has 3 rings (SSSR count). The molecule has 0 bridgehead atoms. The van der Waals surface area contributed by atoms with E-state index in [1.807, 2.05) is 12.1 Å². The topological polar surface area (TPSA) is 34.0 Å². The molecule has 2 aromatic rings. The first-order valence-corrected chi connectivity index (χ1v) is 8.22. The minimum atomic E-state index is -0.315. The van der Waals surface area contributed by atoms with Gasteiger partial charge in [-0.15, -0.1) is 11.8 Å². The molecule has 6 heteroatoms. The van der Waals surface area contributed by atoms with Gasteiger partial charge in [0.2, 0.25) is 0 Å². The highest BCUT2D eigenvalue weighted by molar-refractivity contribution is 14.1. The van der Waals surface area contributed by atoms with E-state index in [2.05, 4.69) is 27.9 Å². The Labute approximate surface area is 133 Å². The molecule has 0 saturated heterocycles. The van der Waals surface area contributed by atoms with Crippen molar-refractivity contribution >= 4 is 45.7 Å². The molecule has 104 valence electrons. The van der Waals surface area contributed by atoms with Gasteiger partial charge in [-0.2, -0.15) is 0 Å². The number of aromatic nitrogens is 1. The van der Waals surface area contributed by atoms with Crippen LogP contribution in [0.25, 0.3) is 0 Å². The number of fused-ring (bicyclic) bond motifs is 1. The van der Waals surface area contributed by atoms with Gasteiger partial charge in [-0.3, -0.25) is 4.79 Å². The van der Waals surface area contributed by atoms with Crippen molar-refractivity contribution in [3.63, 3.8) is 0 Å². The second kappa shape index (κ2) is 5.40. The summed E-state index contributed by atoms with van der Waals surface area (Å²) in [6.45, 7) is 2.52. The van der Waals surface area contributed by atoms with E-state index >= 15 is 0 Å². The standard InChI is InChI=1S/C14H12FIN2OS/c1-8-12(7-13-18(14(8)19)4-5-20-13)17-11-3-2-9(16)6-10(11)15/h2-3,6-7,17H,4-5H2,1H3. The molecule has 20 heavy (non-hydrogen) atoms. The highest BCUT2D eigenvalue weighted by Gasteiger charge is 2.17. The molecule has 0 fully saturated rings. The quantitative estimate of drug-likeness (QED) is 0.778. The summed E-state index contributed by atoms with van der Waals surface area (Å²) in [4.78, 5) is 12.2. The Morgan fingerprint density at radius 1 is 1.35 bits per heavy atom. The average molecular weight is 402 g/mol. The SMILES string of the molecule is Cc1c(Nc2ccc(I)cc2F)cc2n(c1=O)CCS2. The van der Waals surface area contributed by atoms with E-state index in [-0.39, 0.29) is 11.4 Å². The fourth-order valence-electron chi connectivity index (χ4n) is 2.17. The molecule has 0 unspecified atom stereocenters. The lowest BCUT2D eigenvalue weighted by atomic mass is 10.2. The molecule has 1 aliphatic heterocycles. The van der Waals surface area contributed by atoms with E-state index < -0.39 is 0 Å². The number of anilines is 2. The summed E-state index contributed by atoms with van der Waals surface area (Å²) in [7, 11) is 0. The first kappa shape index (κ1) is 13.9. The molecule has 0 saturated carbocycles. The highest BCUT2D eigenvalue weighted by atomic mass is 127. The number of hydrogen-bond acceptors (Lipinski definition) is 3. The van der Waals surface area contributed by atoms with Crippen LogP contribution in [0, 0.1) is 16.3 Å². The third kappa shape index (κ3) is 2.46. The summed E-state index contributed by atoms with van der Waals surface area (Å²) in [5.74, 6) is 0.597. The number of nitrogens with zero attached hydrogens (tertiary/aromatic N) is 1. The first-order chi connectivity index (χ1) is 9.56. The van der Waals surface area contributed by atoms with E-state index in [0.29, 0.717) is 16.9 Å². The fraction of sp³-hybridized carbons (Fsp3) is 0.214. The van der Waals surface area contributed by atoms with Gasteiger partial charge in [0.05, 0.1) is 10.7 Å². The molecular formula is C14H12FIN2OS. The van der Waals surface area contributed by atoms with E-state index in [0.717, 1.165) is 20.9 Å². The van der Waals surface area contributed by atoms with Gasteiger partial charge in [0.25, 0.3) is 5.56 Å². The molecule has 0 spiro atoms. The monoisotopic (exact) mass is 402 g/mol. The van der Waals surface area contributed by atoms with Crippen LogP contribution in [0.1, 0.15) is 5.56 Å². The summed E-state index contributed by atoms with van der Waals surface area (Å²) >= 11 is 3.71. The second-order valence-corrected chi connectivity index (χ2v) is 6.94. The summed E-state index contributed by atoms with van der Waals surface area (Å²) in [5, 5.41) is 3.97. The number of benzene rings is 1. The zero-order valence-corrected chi connectivity index (χ0v) is 13.7. The van der Waals surface area contributed by atoms with E-state index in [9.17, 15) is 9.18 Å². The number of rotatable bonds is 2. The number of halogens is 2. The van der Waals surface area contributed by atoms with Gasteiger partial charge in [-0.05, 0) is 53.8 Å². The lowest BCUT2D eigenvalue weighted by Gasteiger charge is -2.13. The summed E-state index contributed by atoms with van der Waals surface area (Å²) in [6.07, 6.45) is 0. The summed E-state index contributed by atoms with van der Waals surface area (Å²) in [6, 6.07) is 6.91. The van der Waals surface area contributed by atoms with Crippen LogP contribution in [0.15, 0.2) is 34.1 Å². The average Bonchev–Trinajstić information content (AvgIpc) is 2.87. The van der Waals surface area contributed by atoms with Gasteiger partial charge < -0.3 is 9.88 Å². The van der Waals surface area contributed by atoms with Crippen LogP contribution in [-0.2, 0) is 6.54 Å². The predicted octanol–water partition coefficient (Wildman–Crippen LogP) is 3.75. The molecule has 1 aromatic carbocycles. The van der Waals surface area contributed by atoms with Crippen molar-refractivity contribution in [1.29, 1.82) is 0 Å². The number of hydrogen-bond donors (Lipinski definition) is 1. The van der Waals surface area contributed by atoms with Crippen molar-refractivity contribution < 1.29 is 4.39 Å². The Hall–Kier alpha value is -1.02. The molecule has 0 aliphatic carbocycles. The Bertz CT molecular complexity index is 745. The second-order valence-electron chi connectivity index (χ2n) is 4.58. The lowest BCUT2D eigenvalue weighted by molar-refractivity contribution is 0.630. The zero-order valence-electron chi connectivity index (χ0n) is 10.7. The van der Waals surface area contributed by atoms with Gasteiger partial charge in [-0.25, -0.2) is 4.39 Å². The van der Waals surface area contributed by atoms with E-state index in [1.165, 1.54) is 6.07 Å². The Morgan fingerprint density at radius 3 is 2.90 bits per heavy atom. The van der Waals surface area contributed by atoms with Crippen molar-refractivity contribution in [2.75, 3.05) is 11.1 Å². The molecule has 1 aromatic heterocycles. The third-order valence-corrected chi connectivity index (χ3v) is 4.96. The maximum Gasteiger partial charge on any atom is 0.256 e. The maximum atomic E-state index is 13.9. The van der Waals surface area contributed by atoms with Crippen LogP contribution in [0.3, 0.4) is 0 Å². The molecule has 1 aliphatic rings. The third-order valence-electron chi connectivity index (χ3n) is 3.27. The molecule has 2 heterocycles. The van der Waals surface area contributed by atoms with Crippen LogP contribution < -0.4 is 10.9 Å². The molecule has 0 amide bonds. The largest absolute Gasteiger partial charge is 0.353 e. The molecule has 0 radical (unpaired) electrons. The number of thioether (sulfide) groups is 1. The molecular weight excluding hydrogens is 390 g/mol. The van der Waals surface area contributed by atoms with Crippen molar-refractivity contribution in [2.45, 2.75) is 18.5 Å². The van der Waals surface area contributed by atoms with Crippen LogP contribution in [0.2, 0.25) is 0 Å².